The monoisotopic (exact) mass is 407 g/mol. The highest BCUT2D eigenvalue weighted by Crippen LogP contribution is 2.31. The number of anilines is 1. The van der Waals surface area contributed by atoms with E-state index in [1.807, 2.05) is 38.1 Å². The third-order valence-electron chi connectivity index (χ3n) is 5.03. The van der Waals surface area contributed by atoms with Gasteiger partial charge in [0.15, 0.2) is 11.5 Å². The van der Waals surface area contributed by atoms with E-state index in [1.54, 1.807) is 18.2 Å². The lowest BCUT2D eigenvalue weighted by molar-refractivity contribution is 0.0919. The minimum Gasteiger partial charge on any atom is -0.491 e. The van der Waals surface area contributed by atoms with Crippen molar-refractivity contribution >= 4 is 22.5 Å². The van der Waals surface area contributed by atoms with E-state index in [0.717, 1.165) is 16.6 Å². The number of carbonyl (C=O) groups excluding carboxylic acids is 1. The lowest BCUT2D eigenvalue weighted by Crippen LogP contribution is -2.38. The molecule has 0 fully saturated rings. The number of aryl methyl sites for hydroxylation is 1. The summed E-state index contributed by atoms with van der Waals surface area (Å²) in [4.78, 5) is 17.2. The summed E-state index contributed by atoms with van der Waals surface area (Å²) in [5.74, 6) is 1.72. The van der Waals surface area contributed by atoms with Crippen LogP contribution in [-0.4, -0.2) is 36.8 Å². The van der Waals surface area contributed by atoms with Crippen LogP contribution in [0.4, 0.5) is 5.69 Å². The second kappa shape index (κ2) is 8.49. The lowest BCUT2D eigenvalue weighted by Gasteiger charge is -2.21. The molecule has 0 aliphatic carbocycles. The van der Waals surface area contributed by atoms with Crippen molar-refractivity contribution in [2.24, 2.45) is 0 Å². The number of nitrogens with one attached hydrogen (secondary N) is 1. The molecule has 1 amide bonds. The average molecular weight is 407 g/mol. The molecule has 0 spiro atoms. The van der Waals surface area contributed by atoms with Gasteiger partial charge in [0, 0.05) is 16.9 Å². The summed E-state index contributed by atoms with van der Waals surface area (Å²) in [6.07, 6.45) is 0.716. The molecule has 7 heteroatoms. The Kier molecular flexibility index (Phi) is 5.61. The van der Waals surface area contributed by atoms with Crippen molar-refractivity contribution < 1.29 is 19.0 Å². The number of nitrogens with two attached hydrogens (primary N) is 1. The molecule has 1 aliphatic heterocycles. The van der Waals surface area contributed by atoms with Gasteiger partial charge in [0.05, 0.1) is 16.9 Å². The fourth-order valence-corrected chi connectivity index (χ4v) is 3.45. The first-order valence-corrected chi connectivity index (χ1v) is 10.0. The predicted molar refractivity (Wildman–Crippen MR) is 115 cm³/mol. The van der Waals surface area contributed by atoms with Crippen LogP contribution in [0.15, 0.2) is 42.5 Å². The summed E-state index contributed by atoms with van der Waals surface area (Å²) < 4.78 is 17.1. The first-order chi connectivity index (χ1) is 14.5. The van der Waals surface area contributed by atoms with E-state index in [4.69, 9.17) is 19.9 Å². The zero-order chi connectivity index (χ0) is 21.1. The number of hydrogen-bond donors (Lipinski definition) is 2. The Hall–Kier alpha value is -3.48. The van der Waals surface area contributed by atoms with Crippen LogP contribution < -0.4 is 25.3 Å². The number of amides is 1. The summed E-state index contributed by atoms with van der Waals surface area (Å²) in [5, 5.41) is 3.81. The number of aromatic nitrogens is 1. The number of carbonyl (C=O) groups is 1. The lowest BCUT2D eigenvalue weighted by atomic mass is 10.1. The first-order valence-electron chi connectivity index (χ1n) is 10.0. The molecule has 0 unspecified atom stereocenters. The van der Waals surface area contributed by atoms with Crippen LogP contribution in [0.1, 0.15) is 29.4 Å². The van der Waals surface area contributed by atoms with Crippen molar-refractivity contribution in [3.05, 3.63) is 53.7 Å². The second-order valence-electron chi connectivity index (χ2n) is 7.25. The highest BCUT2D eigenvalue weighted by molar-refractivity contribution is 5.96. The SMILES string of the molecule is CC[C@@H](COc1cccc2nc(C)cc(N)c12)NC(=O)c1ccc2c(c1)OCCO2. The Morgan fingerprint density at radius 3 is 2.80 bits per heavy atom. The zero-order valence-corrected chi connectivity index (χ0v) is 17.1. The molecule has 3 aromatic rings. The van der Waals surface area contributed by atoms with E-state index in [9.17, 15) is 4.79 Å². The standard InChI is InChI=1S/C23H25N3O4/c1-3-16(26-23(27)15-7-8-19-21(12-15)29-10-9-28-19)13-30-20-6-4-5-18-22(20)17(24)11-14(2)25-18/h4-8,11-12,16H,3,9-10,13H2,1-2H3,(H2,24,25)(H,26,27)/t16-/m0/s1. The highest BCUT2D eigenvalue weighted by atomic mass is 16.6. The maximum Gasteiger partial charge on any atom is 0.251 e. The van der Waals surface area contributed by atoms with Gasteiger partial charge < -0.3 is 25.3 Å². The number of pyridine rings is 1. The summed E-state index contributed by atoms with van der Waals surface area (Å²) in [5.41, 5.74) is 8.99. The molecule has 0 bridgehead atoms. The van der Waals surface area contributed by atoms with Gasteiger partial charge in [-0.05, 0) is 49.7 Å². The molecule has 0 radical (unpaired) electrons. The van der Waals surface area contributed by atoms with Crippen molar-refractivity contribution in [3.8, 4) is 17.2 Å². The first kappa shape index (κ1) is 19.8. The minimum atomic E-state index is -0.183. The van der Waals surface area contributed by atoms with E-state index in [0.29, 0.717) is 54.7 Å². The molecular weight excluding hydrogens is 382 g/mol. The molecule has 0 saturated heterocycles. The third-order valence-corrected chi connectivity index (χ3v) is 5.03. The molecule has 1 atom stereocenters. The van der Waals surface area contributed by atoms with Crippen molar-refractivity contribution in [1.29, 1.82) is 0 Å². The van der Waals surface area contributed by atoms with Gasteiger partial charge in [-0.3, -0.25) is 9.78 Å². The quantitative estimate of drug-likeness (QED) is 0.649. The van der Waals surface area contributed by atoms with Gasteiger partial charge in [-0.15, -0.1) is 0 Å². The van der Waals surface area contributed by atoms with Crippen LogP contribution >= 0.6 is 0 Å². The van der Waals surface area contributed by atoms with Crippen LogP contribution in [0.2, 0.25) is 0 Å². The molecule has 4 rings (SSSR count). The second-order valence-corrected chi connectivity index (χ2v) is 7.25. The van der Waals surface area contributed by atoms with Gasteiger partial charge in [-0.1, -0.05) is 13.0 Å². The molecule has 2 aromatic carbocycles. The minimum absolute atomic E-state index is 0.166. The van der Waals surface area contributed by atoms with Crippen molar-refractivity contribution in [2.75, 3.05) is 25.6 Å². The number of benzene rings is 2. The molecular formula is C23H25N3O4. The predicted octanol–water partition coefficient (Wildman–Crippen LogP) is 3.48. The Bertz CT molecular complexity index is 1080. The Balaban J connectivity index is 1.45. The molecule has 3 N–H and O–H groups in total. The highest BCUT2D eigenvalue weighted by Gasteiger charge is 2.18. The molecule has 30 heavy (non-hydrogen) atoms. The summed E-state index contributed by atoms with van der Waals surface area (Å²) >= 11 is 0. The summed E-state index contributed by atoms with van der Waals surface area (Å²) in [6.45, 7) is 5.22. The van der Waals surface area contributed by atoms with E-state index < -0.39 is 0 Å². The van der Waals surface area contributed by atoms with Gasteiger partial charge in [-0.2, -0.15) is 0 Å². The van der Waals surface area contributed by atoms with E-state index in [1.165, 1.54) is 0 Å². The van der Waals surface area contributed by atoms with Crippen LogP contribution in [0.25, 0.3) is 10.9 Å². The average Bonchev–Trinajstić information content (AvgIpc) is 2.75. The van der Waals surface area contributed by atoms with Crippen LogP contribution in [0, 0.1) is 6.92 Å². The van der Waals surface area contributed by atoms with Crippen LogP contribution in [-0.2, 0) is 0 Å². The maximum absolute atomic E-state index is 12.7. The van der Waals surface area contributed by atoms with Crippen molar-refractivity contribution in [1.82, 2.24) is 10.3 Å². The maximum atomic E-state index is 12.7. The van der Waals surface area contributed by atoms with Crippen LogP contribution in [0.5, 0.6) is 17.2 Å². The van der Waals surface area contributed by atoms with E-state index in [2.05, 4.69) is 10.3 Å². The van der Waals surface area contributed by atoms with Gasteiger partial charge in [0.1, 0.15) is 25.6 Å². The third kappa shape index (κ3) is 4.10. The number of fused-ring (bicyclic) bond motifs is 2. The number of rotatable bonds is 6. The van der Waals surface area contributed by atoms with Crippen molar-refractivity contribution in [2.45, 2.75) is 26.3 Å². The number of nitrogen functional groups attached to an aromatic ring is 1. The van der Waals surface area contributed by atoms with Gasteiger partial charge >= 0.3 is 0 Å². The van der Waals surface area contributed by atoms with Gasteiger partial charge in [0.25, 0.3) is 5.91 Å². The van der Waals surface area contributed by atoms with E-state index in [-0.39, 0.29) is 11.9 Å². The Morgan fingerprint density at radius 1 is 1.20 bits per heavy atom. The van der Waals surface area contributed by atoms with Crippen molar-refractivity contribution in [3.63, 3.8) is 0 Å². The fourth-order valence-electron chi connectivity index (χ4n) is 3.45. The Morgan fingerprint density at radius 2 is 2.00 bits per heavy atom. The molecule has 156 valence electrons. The number of hydrogen-bond acceptors (Lipinski definition) is 6. The van der Waals surface area contributed by atoms with E-state index >= 15 is 0 Å². The largest absolute Gasteiger partial charge is 0.491 e. The van der Waals surface area contributed by atoms with Gasteiger partial charge in [0.2, 0.25) is 0 Å². The Labute approximate surface area is 175 Å². The fraction of sp³-hybridized carbons (Fsp3) is 0.304. The topological polar surface area (TPSA) is 95.7 Å². The number of nitrogens with zero attached hydrogens (tertiary/aromatic N) is 1. The normalized spacial score (nSPS) is 13.7. The summed E-state index contributed by atoms with van der Waals surface area (Å²) in [6, 6.07) is 12.5. The van der Waals surface area contributed by atoms with Crippen LogP contribution in [0.3, 0.4) is 0 Å². The molecule has 7 nitrogen and oxygen atoms in total. The molecule has 0 saturated carbocycles. The number of ether oxygens (including phenoxy) is 3. The summed E-state index contributed by atoms with van der Waals surface area (Å²) in [7, 11) is 0. The smallest absolute Gasteiger partial charge is 0.251 e. The molecule has 2 heterocycles. The zero-order valence-electron chi connectivity index (χ0n) is 17.1. The molecule has 1 aliphatic rings. The molecule has 1 aromatic heterocycles. The van der Waals surface area contributed by atoms with Gasteiger partial charge in [-0.25, -0.2) is 0 Å².